The van der Waals surface area contributed by atoms with Gasteiger partial charge in [0.15, 0.2) is 5.65 Å². The minimum Gasteiger partial charge on any atom is -0.309 e. The number of fused-ring (bicyclic) bond motifs is 1. The van der Waals surface area contributed by atoms with Crippen LogP contribution in [0.3, 0.4) is 0 Å². The summed E-state index contributed by atoms with van der Waals surface area (Å²) < 4.78 is 27.6. The number of pyridine rings is 1. The quantitative estimate of drug-likeness (QED) is 0.639. The van der Waals surface area contributed by atoms with Gasteiger partial charge in [-0.3, -0.25) is 9.89 Å². The zero-order valence-corrected chi connectivity index (χ0v) is 17.4. The predicted octanol–water partition coefficient (Wildman–Crippen LogP) is 2.78. The molecule has 0 aromatic carbocycles. The van der Waals surface area contributed by atoms with Crippen molar-refractivity contribution in [2.24, 2.45) is 0 Å². The average molecular weight is 424 g/mol. The number of nitrogens with zero attached hydrogens (tertiary/aromatic N) is 2. The highest BCUT2D eigenvalue weighted by Gasteiger charge is 2.25. The van der Waals surface area contributed by atoms with E-state index < -0.39 is 15.6 Å². The fraction of sp³-hybridized carbons (Fsp3) is 0.389. The number of aromatic nitrogens is 3. The number of sulfonamides is 1. The second-order valence-electron chi connectivity index (χ2n) is 7.58. The van der Waals surface area contributed by atoms with Gasteiger partial charge in [0.05, 0.1) is 10.3 Å². The second kappa shape index (κ2) is 7.65. The molecule has 10 heteroatoms. The van der Waals surface area contributed by atoms with Gasteiger partial charge in [-0.2, -0.15) is 5.10 Å². The van der Waals surface area contributed by atoms with E-state index >= 15 is 0 Å². The Bertz CT molecular complexity index is 1070. The number of allylic oxidation sites excluding steroid dienone is 3. The fourth-order valence-electron chi connectivity index (χ4n) is 2.90. The molecule has 0 bridgehead atoms. The molecule has 0 saturated heterocycles. The highest BCUT2D eigenvalue weighted by Crippen LogP contribution is 2.31. The summed E-state index contributed by atoms with van der Waals surface area (Å²) in [6.45, 7) is 5.40. The van der Waals surface area contributed by atoms with Gasteiger partial charge < -0.3 is 5.32 Å². The number of hydrogen-bond acceptors (Lipinski definition) is 5. The maximum absolute atomic E-state index is 12.5. The first-order valence-corrected chi connectivity index (χ1v) is 10.7. The van der Waals surface area contributed by atoms with Gasteiger partial charge in [0, 0.05) is 17.7 Å². The third kappa shape index (κ3) is 4.60. The van der Waals surface area contributed by atoms with Gasteiger partial charge in [-0.1, -0.05) is 12.2 Å². The molecule has 2 heterocycles. The van der Waals surface area contributed by atoms with Crippen molar-refractivity contribution in [1.82, 2.24) is 19.9 Å². The number of H-pyrrole nitrogens is 1. The summed E-state index contributed by atoms with van der Waals surface area (Å²) in [6.07, 6.45) is 7.38. The van der Waals surface area contributed by atoms with E-state index in [1.165, 1.54) is 0 Å². The molecule has 2 aromatic rings. The second-order valence-corrected chi connectivity index (χ2v) is 9.53. The lowest BCUT2D eigenvalue weighted by molar-refractivity contribution is -0.113. The number of aromatic amines is 1. The van der Waals surface area contributed by atoms with E-state index in [0.29, 0.717) is 23.3 Å². The van der Waals surface area contributed by atoms with Crippen LogP contribution in [0.15, 0.2) is 35.4 Å². The van der Waals surface area contributed by atoms with E-state index in [1.807, 2.05) is 12.1 Å². The zero-order chi connectivity index (χ0) is 20.5. The van der Waals surface area contributed by atoms with E-state index in [1.54, 1.807) is 39.1 Å². The summed E-state index contributed by atoms with van der Waals surface area (Å²) in [5.41, 5.74) is 0.814. The van der Waals surface area contributed by atoms with Gasteiger partial charge in [0.1, 0.15) is 11.7 Å². The van der Waals surface area contributed by atoms with Crippen molar-refractivity contribution in [3.05, 3.63) is 41.0 Å². The van der Waals surface area contributed by atoms with Gasteiger partial charge in [-0.15, -0.1) is 11.6 Å². The molecule has 1 aliphatic rings. The van der Waals surface area contributed by atoms with Gasteiger partial charge >= 0.3 is 0 Å². The molecule has 0 spiro atoms. The maximum Gasteiger partial charge on any atom is 0.240 e. The van der Waals surface area contributed by atoms with Crippen LogP contribution in [0.2, 0.25) is 0 Å². The van der Waals surface area contributed by atoms with Crippen LogP contribution in [-0.2, 0) is 14.8 Å². The summed E-state index contributed by atoms with van der Waals surface area (Å²) >= 11 is 5.53. The van der Waals surface area contributed by atoms with E-state index in [-0.39, 0.29) is 22.6 Å². The molecule has 0 fully saturated rings. The molecule has 8 nitrogen and oxygen atoms in total. The van der Waals surface area contributed by atoms with Gasteiger partial charge in [0.25, 0.3) is 0 Å². The highest BCUT2D eigenvalue weighted by molar-refractivity contribution is 7.93. The molecule has 0 radical (unpaired) electrons. The Kier molecular flexibility index (Phi) is 5.60. The Balaban J connectivity index is 1.82. The molecule has 0 saturated carbocycles. The molecular formula is C18H22ClN5O3S. The predicted molar refractivity (Wildman–Crippen MR) is 110 cm³/mol. The smallest absolute Gasteiger partial charge is 0.240 e. The fourth-order valence-corrected chi connectivity index (χ4v) is 4.46. The van der Waals surface area contributed by atoms with Crippen molar-refractivity contribution >= 4 is 44.4 Å². The minimum absolute atomic E-state index is 0.0306. The largest absolute Gasteiger partial charge is 0.309 e. The molecule has 3 N–H and O–H groups in total. The molecule has 2 aromatic heterocycles. The lowest BCUT2D eigenvalue weighted by atomic mass is 9.93. The summed E-state index contributed by atoms with van der Waals surface area (Å²) in [5.74, 6) is -0.108. The average Bonchev–Trinajstić information content (AvgIpc) is 3.02. The summed E-state index contributed by atoms with van der Waals surface area (Å²) in [5, 5.41) is 10.1. The van der Waals surface area contributed by atoms with Crippen LogP contribution in [0.4, 0.5) is 5.82 Å². The van der Waals surface area contributed by atoms with Crippen molar-refractivity contribution in [3.63, 3.8) is 0 Å². The molecular weight excluding hydrogens is 402 g/mol. The molecule has 0 aliphatic heterocycles. The molecule has 1 unspecified atom stereocenters. The first kappa shape index (κ1) is 20.5. The monoisotopic (exact) mass is 423 g/mol. The number of halogens is 1. The zero-order valence-electron chi connectivity index (χ0n) is 15.8. The SMILES string of the molecule is CC(C)(C)NS(=O)(=O)C1=CCC(c2cnc3n[nH]c(NC(=O)CCl)c3c2)C=C1. The Morgan fingerprint density at radius 2 is 2.14 bits per heavy atom. The van der Waals surface area contributed by atoms with Crippen molar-refractivity contribution in [2.75, 3.05) is 11.2 Å². The summed E-state index contributed by atoms with van der Waals surface area (Å²) in [7, 11) is -3.56. The maximum atomic E-state index is 12.5. The number of alkyl halides is 1. The summed E-state index contributed by atoms with van der Waals surface area (Å²) in [6, 6.07) is 1.88. The number of hydrogen-bond donors (Lipinski definition) is 3. The van der Waals surface area contributed by atoms with Crippen molar-refractivity contribution in [2.45, 2.75) is 38.6 Å². The van der Waals surface area contributed by atoms with Crippen LogP contribution < -0.4 is 10.0 Å². The Hall–Kier alpha value is -2.23. The molecule has 28 heavy (non-hydrogen) atoms. The van der Waals surface area contributed by atoms with E-state index in [2.05, 4.69) is 25.2 Å². The van der Waals surface area contributed by atoms with Crippen LogP contribution in [0.5, 0.6) is 0 Å². The Morgan fingerprint density at radius 3 is 2.75 bits per heavy atom. The molecule has 1 aliphatic carbocycles. The number of carbonyl (C=O) groups is 1. The lowest BCUT2D eigenvalue weighted by Gasteiger charge is -2.22. The van der Waals surface area contributed by atoms with Crippen molar-refractivity contribution in [1.29, 1.82) is 0 Å². The van der Waals surface area contributed by atoms with Crippen LogP contribution in [0.25, 0.3) is 11.0 Å². The van der Waals surface area contributed by atoms with Gasteiger partial charge in [-0.25, -0.2) is 18.1 Å². The minimum atomic E-state index is -3.56. The highest BCUT2D eigenvalue weighted by atomic mass is 35.5. The number of anilines is 1. The molecule has 3 rings (SSSR count). The number of rotatable bonds is 5. The normalized spacial score (nSPS) is 17.6. The van der Waals surface area contributed by atoms with Crippen molar-refractivity contribution in [3.8, 4) is 0 Å². The Labute approximate surface area is 168 Å². The number of amides is 1. The molecule has 150 valence electrons. The molecule has 1 atom stereocenters. The van der Waals surface area contributed by atoms with E-state index in [9.17, 15) is 13.2 Å². The Morgan fingerprint density at radius 1 is 1.39 bits per heavy atom. The van der Waals surface area contributed by atoms with Crippen LogP contribution >= 0.6 is 11.6 Å². The number of nitrogens with one attached hydrogen (secondary N) is 3. The first-order chi connectivity index (χ1) is 13.1. The van der Waals surface area contributed by atoms with E-state index in [4.69, 9.17) is 11.6 Å². The standard InChI is InChI=1S/C18H22ClN5O3S/c1-18(2,3)24-28(26,27)13-6-4-11(5-7-13)12-8-14-16(20-10-12)22-23-17(14)21-15(25)9-19/h4,6-8,10-11,24H,5,9H2,1-3H3,(H2,20,21,22,23,25). The lowest BCUT2D eigenvalue weighted by Crippen LogP contribution is -2.41. The van der Waals surface area contributed by atoms with Gasteiger partial charge in [0.2, 0.25) is 15.9 Å². The van der Waals surface area contributed by atoms with Crippen LogP contribution in [0.1, 0.15) is 38.7 Å². The van der Waals surface area contributed by atoms with Crippen LogP contribution in [0, 0.1) is 0 Å². The third-order valence-corrected chi connectivity index (χ3v) is 6.11. The van der Waals surface area contributed by atoms with E-state index in [0.717, 1.165) is 5.56 Å². The topological polar surface area (TPSA) is 117 Å². The summed E-state index contributed by atoms with van der Waals surface area (Å²) in [4.78, 5) is 16.1. The number of carbonyl (C=O) groups excluding carboxylic acids is 1. The first-order valence-electron chi connectivity index (χ1n) is 8.71. The third-order valence-electron chi connectivity index (χ3n) is 4.06. The molecule has 1 amide bonds. The van der Waals surface area contributed by atoms with Gasteiger partial charge in [-0.05, 0) is 44.9 Å². The van der Waals surface area contributed by atoms with Crippen LogP contribution in [-0.4, -0.2) is 40.9 Å². The van der Waals surface area contributed by atoms with Crippen molar-refractivity contribution < 1.29 is 13.2 Å².